The number of aldehydes is 1. The Morgan fingerprint density at radius 1 is 0.853 bits per heavy atom. The Kier molecular flexibility index (Phi) is 9.33. The number of rotatable bonds is 10. The number of aromatic nitrogens is 4. The molecule has 0 atom stereocenters. The summed E-state index contributed by atoms with van der Waals surface area (Å²) >= 11 is 0. The molecule has 0 aliphatic heterocycles. The van der Waals surface area contributed by atoms with Crippen molar-refractivity contribution in [2.75, 3.05) is 26.4 Å². The van der Waals surface area contributed by atoms with Crippen molar-refractivity contribution in [3.05, 3.63) is 59.2 Å². The highest BCUT2D eigenvalue weighted by Crippen LogP contribution is 2.18. The number of imidazole rings is 2. The minimum atomic E-state index is -0.0418. The molecule has 0 fully saturated rings. The Morgan fingerprint density at radius 2 is 1.38 bits per heavy atom. The molecule has 8 nitrogen and oxygen atoms in total. The number of carbonyl (C=O) groups excluding carboxylic acids is 1. The number of ether oxygens (including phenoxy) is 2. The molecule has 0 aliphatic rings. The van der Waals surface area contributed by atoms with Crippen molar-refractivity contribution in [1.29, 1.82) is 0 Å². The lowest BCUT2D eigenvalue weighted by Gasteiger charge is -2.07. The van der Waals surface area contributed by atoms with Gasteiger partial charge in [0, 0.05) is 26.3 Å². The predicted molar refractivity (Wildman–Crippen MR) is 133 cm³/mol. The number of hydrogen-bond acceptors (Lipinski definition) is 6. The molecule has 4 rings (SSSR count). The molecular formula is C26H34N4O4. The zero-order valence-corrected chi connectivity index (χ0v) is 20.5. The maximum absolute atomic E-state index is 11.0. The maximum atomic E-state index is 11.0. The van der Waals surface area contributed by atoms with Gasteiger partial charge in [-0.15, -0.1) is 0 Å². The molecule has 2 aromatic carbocycles. The quantitative estimate of drug-likeness (QED) is 0.280. The second-order valence-corrected chi connectivity index (χ2v) is 7.96. The molecule has 0 saturated heterocycles. The van der Waals surface area contributed by atoms with Crippen molar-refractivity contribution in [3.8, 4) is 0 Å². The van der Waals surface area contributed by atoms with Gasteiger partial charge >= 0.3 is 0 Å². The van der Waals surface area contributed by atoms with Crippen molar-refractivity contribution in [2.24, 2.45) is 0 Å². The Hall–Kier alpha value is -3.07. The number of benzene rings is 2. The van der Waals surface area contributed by atoms with Gasteiger partial charge in [0.15, 0.2) is 12.1 Å². The van der Waals surface area contributed by atoms with Crippen LogP contribution in [-0.4, -0.2) is 56.9 Å². The number of aryl methyl sites for hydroxylation is 2. The largest absolute Gasteiger partial charge is 0.388 e. The van der Waals surface area contributed by atoms with E-state index in [4.69, 9.17) is 9.47 Å². The van der Waals surface area contributed by atoms with Crippen LogP contribution in [0.2, 0.25) is 0 Å². The van der Waals surface area contributed by atoms with E-state index < -0.39 is 0 Å². The summed E-state index contributed by atoms with van der Waals surface area (Å²) in [6.45, 7) is 12.0. The Balaban J connectivity index is 0.000000191. The van der Waals surface area contributed by atoms with Gasteiger partial charge < -0.3 is 23.7 Å². The predicted octanol–water partition coefficient (Wildman–Crippen LogP) is 4.07. The fourth-order valence-electron chi connectivity index (χ4n) is 3.83. The molecule has 2 heterocycles. The third-order valence-electron chi connectivity index (χ3n) is 5.49. The zero-order chi connectivity index (χ0) is 24.5. The smallest absolute Gasteiger partial charge is 0.185 e. The van der Waals surface area contributed by atoms with Gasteiger partial charge in [0.2, 0.25) is 0 Å². The lowest BCUT2D eigenvalue weighted by Crippen LogP contribution is -2.09. The number of nitrogens with zero attached hydrogens (tertiary/aromatic N) is 4. The normalized spacial score (nSPS) is 11.1. The van der Waals surface area contributed by atoms with Gasteiger partial charge in [-0.2, -0.15) is 0 Å². The minimum Gasteiger partial charge on any atom is -0.388 e. The SMILES string of the molecule is CCOCCn1c(C=O)nc2ccc(C)cc21.CCOCCn1c(CO)nc2ccc(C)cc21. The minimum absolute atomic E-state index is 0.0418. The molecule has 0 spiro atoms. The van der Waals surface area contributed by atoms with Crippen LogP contribution in [0.15, 0.2) is 36.4 Å². The number of hydrogen-bond donors (Lipinski definition) is 1. The van der Waals surface area contributed by atoms with Gasteiger partial charge in [0.25, 0.3) is 0 Å². The average Bonchev–Trinajstić information content (AvgIpc) is 3.37. The summed E-state index contributed by atoms with van der Waals surface area (Å²) < 4.78 is 14.6. The zero-order valence-electron chi connectivity index (χ0n) is 20.5. The molecule has 0 saturated carbocycles. The van der Waals surface area contributed by atoms with Gasteiger partial charge in [-0.1, -0.05) is 12.1 Å². The lowest BCUT2D eigenvalue weighted by molar-refractivity contribution is 0.110. The molecule has 34 heavy (non-hydrogen) atoms. The average molecular weight is 467 g/mol. The first-order valence-corrected chi connectivity index (χ1v) is 11.7. The first-order valence-electron chi connectivity index (χ1n) is 11.7. The molecule has 2 aromatic heterocycles. The molecule has 4 aromatic rings. The van der Waals surface area contributed by atoms with E-state index in [0.717, 1.165) is 40.5 Å². The highest BCUT2D eigenvalue weighted by Gasteiger charge is 2.10. The second-order valence-electron chi connectivity index (χ2n) is 7.96. The van der Waals surface area contributed by atoms with Crippen LogP contribution < -0.4 is 0 Å². The topological polar surface area (TPSA) is 91.4 Å². The number of aliphatic hydroxyl groups excluding tert-OH is 1. The maximum Gasteiger partial charge on any atom is 0.185 e. The van der Waals surface area contributed by atoms with E-state index >= 15 is 0 Å². The standard InChI is InChI=1S/C13H18N2O2.C13H16N2O2/c2*1-3-17-7-6-15-12-8-10(2)4-5-11(12)14-13(15)9-16/h4-5,8,16H,3,6-7,9H2,1-2H3;4-5,8-9H,3,6-7H2,1-2H3. The molecule has 1 N–H and O–H groups in total. The number of fused-ring (bicyclic) bond motifs is 2. The van der Waals surface area contributed by atoms with Gasteiger partial charge in [0.1, 0.15) is 12.4 Å². The fourth-order valence-corrected chi connectivity index (χ4v) is 3.83. The van der Waals surface area contributed by atoms with E-state index in [1.54, 1.807) is 0 Å². The Labute approximate surface area is 200 Å². The van der Waals surface area contributed by atoms with E-state index in [1.165, 1.54) is 5.56 Å². The Morgan fingerprint density at radius 3 is 1.91 bits per heavy atom. The molecule has 8 heteroatoms. The van der Waals surface area contributed by atoms with E-state index in [9.17, 15) is 9.90 Å². The highest BCUT2D eigenvalue weighted by molar-refractivity contribution is 5.83. The van der Waals surface area contributed by atoms with E-state index in [1.807, 2.05) is 60.2 Å². The molecule has 0 bridgehead atoms. The summed E-state index contributed by atoms with van der Waals surface area (Å²) in [6.07, 6.45) is 0.793. The van der Waals surface area contributed by atoms with Gasteiger partial charge in [0.05, 0.1) is 35.3 Å². The van der Waals surface area contributed by atoms with Crippen LogP contribution in [0.5, 0.6) is 0 Å². The molecule has 182 valence electrons. The summed E-state index contributed by atoms with van der Waals surface area (Å²) in [7, 11) is 0. The summed E-state index contributed by atoms with van der Waals surface area (Å²) in [5.41, 5.74) is 6.19. The second kappa shape index (κ2) is 12.4. The van der Waals surface area contributed by atoms with Crippen molar-refractivity contribution >= 4 is 28.4 Å². The molecule has 0 aliphatic carbocycles. The van der Waals surface area contributed by atoms with E-state index in [0.29, 0.717) is 44.6 Å². The van der Waals surface area contributed by atoms with Crippen LogP contribution in [-0.2, 0) is 29.2 Å². The summed E-state index contributed by atoms with van der Waals surface area (Å²) in [5, 5.41) is 9.32. The van der Waals surface area contributed by atoms with Crippen LogP contribution in [0.25, 0.3) is 22.1 Å². The number of aliphatic hydroxyl groups is 1. The summed E-state index contributed by atoms with van der Waals surface area (Å²) in [4.78, 5) is 19.7. The van der Waals surface area contributed by atoms with Crippen LogP contribution >= 0.6 is 0 Å². The monoisotopic (exact) mass is 466 g/mol. The first-order chi connectivity index (χ1) is 16.5. The van der Waals surface area contributed by atoms with Crippen LogP contribution in [0, 0.1) is 13.8 Å². The molecule has 0 unspecified atom stereocenters. The molecular weight excluding hydrogens is 432 g/mol. The van der Waals surface area contributed by atoms with Crippen molar-refractivity contribution in [2.45, 2.75) is 47.4 Å². The third kappa shape index (κ3) is 6.08. The molecule has 0 amide bonds. The lowest BCUT2D eigenvalue weighted by atomic mass is 10.2. The summed E-state index contributed by atoms with van der Waals surface area (Å²) in [6, 6.07) is 12.1. The Bertz CT molecular complexity index is 1230. The third-order valence-corrected chi connectivity index (χ3v) is 5.49. The first kappa shape index (κ1) is 25.6. The molecule has 0 radical (unpaired) electrons. The fraction of sp³-hybridized carbons (Fsp3) is 0.423. The van der Waals surface area contributed by atoms with Crippen LogP contribution in [0.1, 0.15) is 41.4 Å². The van der Waals surface area contributed by atoms with E-state index in [2.05, 4.69) is 23.0 Å². The van der Waals surface area contributed by atoms with Gasteiger partial charge in [-0.3, -0.25) is 4.79 Å². The summed E-state index contributed by atoms with van der Waals surface area (Å²) in [5.74, 6) is 1.16. The van der Waals surface area contributed by atoms with Crippen LogP contribution in [0.4, 0.5) is 0 Å². The van der Waals surface area contributed by atoms with Gasteiger partial charge in [-0.25, -0.2) is 9.97 Å². The van der Waals surface area contributed by atoms with Crippen molar-refractivity contribution in [1.82, 2.24) is 19.1 Å². The van der Waals surface area contributed by atoms with Crippen LogP contribution in [0.3, 0.4) is 0 Å². The van der Waals surface area contributed by atoms with Crippen molar-refractivity contribution in [3.63, 3.8) is 0 Å². The van der Waals surface area contributed by atoms with Crippen molar-refractivity contribution < 1.29 is 19.4 Å². The van der Waals surface area contributed by atoms with E-state index in [-0.39, 0.29) is 6.61 Å². The van der Waals surface area contributed by atoms with Gasteiger partial charge in [-0.05, 0) is 63.1 Å². The highest BCUT2D eigenvalue weighted by atomic mass is 16.5. The number of carbonyl (C=O) groups is 1.